The van der Waals surface area contributed by atoms with E-state index in [9.17, 15) is 15.0 Å². The molecular formula is C19H21NO5S. The van der Waals surface area contributed by atoms with Gasteiger partial charge in [-0.15, -0.1) is 0 Å². The van der Waals surface area contributed by atoms with Crippen LogP contribution in [0.25, 0.3) is 0 Å². The van der Waals surface area contributed by atoms with Crippen molar-refractivity contribution in [1.82, 2.24) is 5.32 Å². The molecule has 0 bridgehead atoms. The van der Waals surface area contributed by atoms with Gasteiger partial charge in [0.25, 0.3) is 0 Å². The molecule has 0 aromatic heterocycles. The zero-order valence-corrected chi connectivity index (χ0v) is 15.1. The molecule has 0 aliphatic carbocycles. The van der Waals surface area contributed by atoms with Gasteiger partial charge in [-0.05, 0) is 41.8 Å². The van der Waals surface area contributed by atoms with Crippen LogP contribution in [-0.4, -0.2) is 40.6 Å². The van der Waals surface area contributed by atoms with Gasteiger partial charge in [0.1, 0.15) is 24.2 Å². The summed E-state index contributed by atoms with van der Waals surface area (Å²) in [5, 5.41) is 21.8. The lowest BCUT2D eigenvalue weighted by Crippen LogP contribution is -2.27. The highest BCUT2D eigenvalue weighted by atomic mass is 32.2. The Kier molecular flexibility index (Phi) is 6.03. The molecule has 2 unspecified atom stereocenters. The lowest BCUT2D eigenvalue weighted by Gasteiger charge is -2.14. The molecule has 1 aliphatic heterocycles. The number of carbonyl (C=O) groups excluding carboxylic acids is 1. The Labute approximate surface area is 156 Å². The lowest BCUT2D eigenvalue weighted by atomic mass is 10.1. The minimum Gasteiger partial charge on any atom is -0.497 e. The molecule has 3 atom stereocenters. The fourth-order valence-electron chi connectivity index (χ4n) is 2.64. The number of methoxy groups -OCH3 is 1. The number of hydrogen-bond acceptors (Lipinski definition) is 6. The molecule has 1 saturated heterocycles. The maximum atomic E-state index is 11.7. The van der Waals surface area contributed by atoms with Gasteiger partial charge in [0.05, 0.1) is 12.4 Å². The Bertz CT molecular complexity index is 735. The normalized spacial score (nSPS) is 20.5. The molecule has 2 aromatic carbocycles. The van der Waals surface area contributed by atoms with E-state index in [2.05, 4.69) is 5.32 Å². The summed E-state index contributed by atoms with van der Waals surface area (Å²) in [7, 11) is 1.60. The van der Waals surface area contributed by atoms with E-state index in [0.29, 0.717) is 12.2 Å². The predicted octanol–water partition coefficient (Wildman–Crippen LogP) is 1.86. The molecule has 3 N–H and O–H groups in total. The number of carbonyl (C=O) groups is 1. The number of aliphatic hydroxyl groups excluding tert-OH is 2. The molecule has 0 spiro atoms. The minimum atomic E-state index is -0.824. The first-order valence-electron chi connectivity index (χ1n) is 8.23. The first-order valence-corrected chi connectivity index (χ1v) is 9.17. The van der Waals surface area contributed by atoms with E-state index in [1.165, 1.54) is 11.8 Å². The molecule has 1 amide bonds. The van der Waals surface area contributed by atoms with E-state index in [1.54, 1.807) is 31.4 Å². The number of hydrogen-bond donors (Lipinski definition) is 3. The Morgan fingerprint density at radius 3 is 2.35 bits per heavy atom. The number of nitrogens with one attached hydrogen (secondary N) is 1. The number of ether oxygens (including phenoxy) is 2. The van der Waals surface area contributed by atoms with Gasteiger partial charge in [0.15, 0.2) is 5.56 Å². The quantitative estimate of drug-likeness (QED) is 0.685. The van der Waals surface area contributed by atoms with Crippen molar-refractivity contribution in [3.8, 4) is 11.5 Å². The zero-order valence-electron chi connectivity index (χ0n) is 14.3. The summed E-state index contributed by atoms with van der Waals surface area (Å²) in [6.07, 6.45) is -0.192. The molecule has 7 heteroatoms. The summed E-state index contributed by atoms with van der Waals surface area (Å²) in [6, 6.07) is 14.6. The third-order valence-corrected chi connectivity index (χ3v) is 5.19. The average molecular weight is 375 g/mol. The highest BCUT2D eigenvalue weighted by Gasteiger charge is 2.31. The van der Waals surface area contributed by atoms with Crippen LogP contribution < -0.4 is 14.8 Å². The van der Waals surface area contributed by atoms with E-state index in [-0.39, 0.29) is 17.8 Å². The van der Waals surface area contributed by atoms with Crippen LogP contribution >= 0.6 is 11.8 Å². The smallest absolute Gasteiger partial charge is 0.236 e. The fourth-order valence-corrected chi connectivity index (χ4v) is 3.62. The van der Waals surface area contributed by atoms with Crippen molar-refractivity contribution < 1.29 is 24.5 Å². The van der Waals surface area contributed by atoms with Crippen molar-refractivity contribution in [1.29, 1.82) is 0 Å². The number of aliphatic hydroxyl groups is 2. The molecule has 1 heterocycles. The number of amides is 1. The van der Waals surface area contributed by atoms with Gasteiger partial charge in [-0.2, -0.15) is 0 Å². The number of rotatable bonds is 7. The highest BCUT2D eigenvalue weighted by molar-refractivity contribution is 8.01. The summed E-state index contributed by atoms with van der Waals surface area (Å²) in [6.45, 7) is 0.138. The first kappa shape index (κ1) is 18.6. The summed E-state index contributed by atoms with van der Waals surface area (Å²) >= 11 is 1.21. The molecule has 6 nitrogen and oxygen atoms in total. The molecule has 26 heavy (non-hydrogen) atoms. The van der Waals surface area contributed by atoms with Crippen molar-refractivity contribution in [3.63, 3.8) is 0 Å². The van der Waals surface area contributed by atoms with Crippen LogP contribution in [0.15, 0.2) is 48.5 Å². The average Bonchev–Trinajstić information content (AvgIpc) is 2.98. The maximum Gasteiger partial charge on any atom is 0.236 e. The van der Waals surface area contributed by atoms with Crippen molar-refractivity contribution >= 4 is 17.7 Å². The largest absolute Gasteiger partial charge is 0.497 e. The monoisotopic (exact) mass is 375 g/mol. The van der Waals surface area contributed by atoms with Gasteiger partial charge >= 0.3 is 0 Å². The Hall–Kier alpha value is -2.22. The van der Waals surface area contributed by atoms with Crippen molar-refractivity contribution in [2.75, 3.05) is 13.7 Å². The third kappa shape index (κ3) is 4.69. The Morgan fingerprint density at radius 1 is 1.12 bits per heavy atom. The van der Waals surface area contributed by atoms with Gasteiger partial charge < -0.3 is 25.0 Å². The van der Waals surface area contributed by atoms with Crippen LogP contribution in [0.1, 0.15) is 17.2 Å². The van der Waals surface area contributed by atoms with Gasteiger partial charge in [-0.1, -0.05) is 36.0 Å². The Balaban J connectivity index is 1.51. The topological polar surface area (TPSA) is 88.0 Å². The molecule has 1 aliphatic rings. The summed E-state index contributed by atoms with van der Waals surface area (Å²) in [5.74, 6) is 1.23. The molecule has 3 rings (SSSR count). The van der Waals surface area contributed by atoms with Crippen molar-refractivity contribution in [3.05, 3.63) is 59.7 Å². The summed E-state index contributed by atoms with van der Waals surface area (Å²) < 4.78 is 10.7. The van der Waals surface area contributed by atoms with E-state index < -0.39 is 11.7 Å². The molecule has 0 saturated carbocycles. The first-order chi connectivity index (χ1) is 12.5. The van der Waals surface area contributed by atoms with Crippen LogP contribution in [0.5, 0.6) is 11.5 Å². The van der Waals surface area contributed by atoms with Crippen LogP contribution in [-0.2, 0) is 11.2 Å². The molecule has 1 fully saturated rings. The van der Waals surface area contributed by atoms with E-state index in [4.69, 9.17) is 9.47 Å². The zero-order chi connectivity index (χ0) is 18.5. The van der Waals surface area contributed by atoms with E-state index >= 15 is 0 Å². The molecule has 138 valence electrons. The van der Waals surface area contributed by atoms with Crippen molar-refractivity contribution in [2.45, 2.75) is 23.3 Å². The maximum absolute atomic E-state index is 11.7. The van der Waals surface area contributed by atoms with Gasteiger partial charge in [0, 0.05) is 0 Å². The van der Waals surface area contributed by atoms with Crippen LogP contribution in [0.3, 0.4) is 0 Å². The molecule has 2 aromatic rings. The third-order valence-electron chi connectivity index (χ3n) is 4.10. The van der Waals surface area contributed by atoms with Crippen LogP contribution in [0, 0.1) is 0 Å². The SMILES string of the molecule is COc1ccc([C@H](O)COc2ccc(CC3SC(O)NC3=O)cc2)cc1. The molecular weight excluding hydrogens is 354 g/mol. The second-order valence-electron chi connectivity index (χ2n) is 5.93. The second kappa shape index (κ2) is 8.44. The Morgan fingerprint density at radius 2 is 1.77 bits per heavy atom. The molecule has 0 radical (unpaired) electrons. The number of thioether (sulfide) groups is 1. The second-order valence-corrected chi connectivity index (χ2v) is 7.22. The number of benzene rings is 2. The van der Waals surface area contributed by atoms with Crippen LogP contribution in [0.4, 0.5) is 0 Å². The van der Waals surface area contributed by atoms with Crippen molar-refractivity contribution in [2.24, 2.45) is 0 Å². The lowest BCUT2D eigenvalue weighted by molar-refractivity contribution is -0.121. The summed E-state index contributed by atoms with van der Waals surface area (Å²) in [5.41, 5.74) is 0.912. The highest BCUT2D eigenvalue weighted by Crippen LogP contribution is 2.26. The predicted molar refractivity (Wildman–Crippen MR) is 99.1 cm³/mol. The standard InChI is InChI=1S/C19H21NO5S/c1-24-14-8-4-13(5-9-14)16(21)11-25-15-6-2-12(3-7-15)10-17-18(22)20-19(23)26-17/h2-9,16-17,19,21,23H,10-11H2,1H3,(H,20,22)/t16-,17?,19?/m1/s1. The van der Waals surface area contributed by atoms with Crippen LogP contribution in [0.2, 0.25) is 0 Å². The minimum absolute atomic E-state index is 0.138. The fraction of sp³-hybridized carbons (Fsp3) is 0.316. The van der Waals surface area contributed by atoms with E-state index in [0.717, 1.165) is 16.9 Å². The van der Waals surface area contributed by atoms with Gasteiger partial charge in [0.2, 0.25) is 5.91 Å². The van der Waals surface area contributed by atoms with Gasteiger partial charge in [-0.3, -0.25) is 4.79 Å². The van der Waals surface area contributed by atoms with E-state index in [1.807, 2.05) is 24.3 Å². The summed E-state index contributed by atoms with van der Waals surface area (Å²) in [4.78, 5) is 11.7. The van der Waals surface area contributed by atoms with Gasteiger partial charge in [-0.25, -0.2) is 0 Å².